The number of H-pyrrole nitrogens is 1. The molecule has 170 valence electrons. The molecule has 2 aromatic carbocycles. The first kappa shape index (κ1) is 22.1. The summed E-state index contributed by atoms with van der Waals surface area (Å²) in [6.07, 6.45) is -2.73. The van der Waals surface area contributed by atoms with E-state index in [1.54, 1.807) is 6.07 Å². The van der Waals surface area contributed by atoms with E-state index < -0.39 is 11.7 Å². The van der Waals surface area contributed by atoms with Crippen molar-refractivity contribution in [2.24, 2.45) is 0 Å². The number of imidazole rings is 1. The minimum atomic E-state index is -4.36. The van der Waals surface area contributed by atoms with Gasteiger partial charge in [-0.05, 0) is 62.3 Å². The Kier molecular flexibility index (Phi) is 6.10. The fraction of sp³-hybridized carbons (Fsp3) is 0.391. The number of fused-ring (bicyclic) bond motifs is 1. The highest BCUT2D eigenvalue weighted by atomic mass is 19.4. The van der Waals surface area contributed by atoms with Gasteiger partial charge in [-0.2, -0.15) is 13.2 Å². The molecule has 1 atom stereocenters. The summed E-state index contributed by atoms with van der Waals surface area (Å²) in [5.74, 6) is 0.598. The van der Waals surface area contributed by atoms with Gasteiger partial charge in [0.15, 0.2) is 0 Å². The van der Waals surface area contributed by atoms with Crippen LogP contribution in [-0.2, 0) is 17.4 Å². The van der Waals surface area contributed by atoms with Gasteiger partial charge in [0.2, 0.25) is 11.9 Å². The van der Waals surface area contributed by atoms with E-state index >= 15 is 0 Å². The summed E-state index contributed by atoms with van der Waals surface area (Å²) in [7, 11) is 4.14. The van der Waals surface area contributed by atoms with Crippen molar-refractivity contribution < 1.29 is 18.0 Å². The number of alkyl halides is 3. The number of aromatic amines is 1. The van der Waals surface area contributed by atoms with Gasteiger partial charge in [-0.15, -0.1) is 0 Å². The van der Waals surface area contributed by atoms with E-state index in [4.69, 9.17) is 0 Å². The van der Waals surface area contributed by atoms with Crippen LogP contribution < -0.4 is 10.2 Å². The molecule has 0 bridgehead atoms. The number of hydrogen-bond donors (Lipinski definition) is 2. The Hall–Kier alpha value is -3.07. The Morgan fingerprint density at radius 2 is 2.00 bits per heavy atom. The molecule has 0 radical (unpaired) electrons. The molecule has 1 unspecified atom stereocenters. The number of likely N-dealkylation sites (N-methyl/N-ethyl adjacent to an activating group) is 2. The topological polar surface area (TPSA) is 64.3 Å². The van der Waals surface area contributed by atoms with Crippen LogP contribution in [0.3, 0.4) is 0 Å². The predicted molar refractivity (Wildman–Crippen MR) is 119 cm³/mol. The van der Waals surface area contributed by atoms with Gasteiger partial charge in [-0.1, -0.05) is 12.1 Å². The van der Waals surface area contributed by atoms with Crippen molar-refractivity contribution in [1.82, 2.24) is 14.9 Å². The summed E-state index contributed by atoms with van der Waals surface area (Å²) >= 11 is 0. The summed E-state index contributed by atoms with van der Waals surface area (Å²) in [6.45, 7) is 2.06. The van der Waals surface area contributed by atoms with Crippen LogP contribution in [0.5, 0.6) is 0 Å². The van der Waals surface area contributed by atoms with Gasteiger partial charge in [-0.3, -0.25) is 4.79 Å². The maximum absolute atomic E-state index is 12.7. The third-order valence-corrected chi connectivity index (χ3v) is 5.92. The summed E-state index contributed by atoms with van der Waals surface area (Å²) in [6, 6.07) is 10.8. The summed E-state index contributed by atoms with van der Waals surface area (Å²) in [5, 5.41) is 2.85. The van der Waals surface area contributed by atoms with E-state index in [1.165, 1.54) is 12.1 Å². The number of rotatable bonds is 6. The van der Waals surface area contributed by atoms with Crippen molar-refractivity contribution in [3.8, 4) is 0 Å². The molecule has 6 nitrogen and oxygen atoms in total. The first-order valence-electron chi connectivity index (χ1n) is 10.6. The molecule has 1 aliphatic rings. The molecule has 1 aliphatic heterocycles. The van der Waals surface area contributed by atoms with Crippen LogP contribution in [0.4, 0.5) is 24.8 Å². The standard InChI is InChI=1S/C23H26F3N5O/c1-30-12-11-18(14-30)31(2)22-28-19-9-8-17(13-20(19)29-22)27-21(32)10-5-15-3-6-16(7-4-15)23(24,25)26/h3-4,6-9,13,18H,5,10-12,14H2,1-2H3,(H,27,32)(H,28,29). The van der Waals surface area contributed by atoms with Crippen LogP contribution in [0.2, 0.25) is 0 Å². The number of nitrogens with one attached hydrogen (secondary N) is 2. The van der Waals surface area contributed by atoms with Gasteiger partial charge in [-0.25, -0.2) is 4.98 Å². The van der Waals surface area contributed by atoms with Crippen LogP contribution in [0, 0.1) is 0 Å². The van der Waals surface area contributed by atoms with E-state index in [2.05, 4.69) is 32.1 Å². The highest BCUT2D eigenvalue weighted by Gasteiger charge is 2.30. The van der Waals surface area contributed by atoms with E-state index in [0.29, 0.717) is 23.7 Å². The first-order valence-corrected chi connectivity index (χ1v) is 10.6. The predicted octanol–water partition coefficient (Wildman–Crippen LogP) is 4.29. The van der Waals surface area contributed by atoms with Crippen LogP contribution in [-0.4, -0.2) is 54.0 Å². The molecule has 0 spiro atoms. The quantitative estimate of drug-likeness (QED) is 0.594. The summed E-state index contributed by atoms with van der Waals surface area (Å²) < 4.78 is 38.0. The molecule has 3 aromatic rings. The van der Waals surface area contributed by atoms with E-state index in [1.807, 2.05) is 19.2 Å². The molecule has 4 rings (SSSR count). The number of amides is 1. The van der Waals surface area contributed by atoms with E-state index in [9.17, 15) is 18.0 Å². The van der Waals surface area contributed by atoms with E-state index in [-0.39, 0.29) is 12.3 Å². The minimum absolute atomic E-state index is 0.176. The average Bonchev–Trinajstić information content (AvgIpc) is 3.37. The Bertz CT molecular complexity index is 1090. The van der Waals surface area contributed by atoms with Crippen molar-refractivity contribution in [2.45, 2.75) is 31.5 Å². The zero-order valence-corrected chi connectivity index (χ0v) is 18.0. The lowest BCUT2D eigenvalue weighted by Gasteiger charge is -2.23. The Labute approximate surface area is 184 Å². The maximum Gasteiger partial charge on any atom is 0.416 e. The largest absolute Gasteiger partial charge is 0.416 e. The van der Waals surface area contributed by atoms with Crippen molar-refractivity contribution in [3.63, 3.8) is 0 Å². The molecule has 0 aliphatic carbocycles. The van der Waals surface area contributed by atoms with Gasteiger partial charge < -0.3 is 20.1 Å². The number of aryl methyl sites for hydroxylation is 1. The third-order valence-electron chi connectivity index (χ3n) is 5.92. The lowest BCUT2D eigenvalue weighted by molar-refractivity contribution is -0.137. The molecule has 0 saturated carbocycles. The number of anilines is 2. The molecule has 1 saturated heterocycles. The number of halogens is 3. The van der Waals surface area contributed by atoms with Crippen molar-refractivity contribution in [2.75, 3.05) is 37.4 Å². The molecule has 32 heavy (non-hydrogen) atoms. The number of carbonyl (C=O) groups is 1. The lowest BCUT2D eigenvalue weighted by Crippen LogP contribution is -2.34. The Morgan fingerprint density at radius 3 is 2.66 bits per heavy atom. The van der Waals surface area contributed by atoms with Gasteiger partial charge in [0.25, 0.3) is 0 Å². The number of carbonyl (C=O) groups excluding carboxylic acids is 1. The second kappa shape index (κ2) is 8.82. The molecular formula is C23H26F3N5O. The zero-order chi connectivity index (χ0) is 22.9. The van der Waals surface area contributed by atoms with Crippen molar-refractivity contribution >= 4 is 28.6 Å². The molecule has 1 fully saturated rings. The van der Waals surface area contributed by atoms with E-state index in [0.717, 1.165) is 48.6 Å². The Morgan fingerprint density at radius 1 is 1.25 bits per heavy atom. The third kappa shape index (κ3) is 5.04. The lowest BCUT2D eigenvalue weighted by atomic mass is 10.1. The minimum Gasteiger partial charge on any atom is -0.341 e. The van der Waals surface area contributed by atoms with Crippen LogP contribution in [0.15, 0.2) is 42.5 Å². The van der Waals surface area contributed by atoms with Crippen LogP contribution in [0.25, 0.3) is 11.0 Å². The highest BCUT2D eigenvalue weighted by molar-refractivity contribution is 5.93. The van der Waals surface area contributed by atoms with Crippen molar-refractivity contribution in [3.05, 3.63) is 53.6 Å². The number of nitrogens with zero attached hydrogens (tertiary/aromatic N) is 3. The zero-order valence-electron chi connectivity index (χ0n) is 18.0. The Balaban J connectivity index is 1.36. The number of aromatic nitrogens is 2. The molecule has 9 heteroatoms. The monoisotopic (exact) mass is 445 g/mol. The van der Waals surface area contributed by atoms with Crippen LogP contribution >= 0.6 is 0 Å². The van der Waals surface area contributed by atoms with Crippen molar-refractivity contribution in [1.29, 1.82) is 0 Å². The number of likely N-dealkylation sites (tertiary alicyclic amines) is 1. The average molecular weight is 445 g/mol. The maximum atomic E-state index is 12.7. The summed E-state index contributed by atoms with van der Waals surface area (Å²) in [5.41, 5.74) is 2.29. The molecule has 1 aromatic heterocycles. The second-order valence-electron chi connectivity index (χ2n) is 8.35. The SMILES string of the molecule is CN1CCC(N(C)c2nc3ccc(NC(=O)CCc4ccc(C(F)(F)F)cc4)cc3[nH]2)C1. The van der Waals surface area contributed by atoms with Gasteiger partial charge in [0, 0.05) is 31.7 Å². The second-order valence-corrected chi connectivity index (χ2v) is 8.35. The first-order chi connectivity index (χ1) is 15.2. The smallest absolute Gasteiger partial charge is 0.341 e. The van der Waals surface area contributed by atoms with Gasteiger partial charge in [0.05, 0.1) is 16.6 Å². The summed E-state index contributed by atoms with van der Waals surface area (Å²) in [4.78, 5) is 24.8. The molecule has 2 N–H and O–H groups in total. The molecule has 2 heterocycles. The van der Waals surface area contributed by atoms with Gasteiger partial charge >= 0.3 is 6.18 Å². The number of hydrogen-bond acceptors (Lipinski definition) is 4. The fourth-order valence-corrected chi connectivity index (χ4v) is 3.98. The molecular weight excluding hydrogens is 419 g/mol. The van der Waals surface area contributed by atoms with Gasteiger partial charge in [0.1, 0.15) is 0 Å². The van der Waals surface area contributed by atoms with Crippen LogP contribution in [0.1, 0.15) is 24.0 Å². The normalized spacial score (nSPS) is 17.1. The highest BCUT2D eigenvalue weighted by Crippen LogP contribution is 2.29. The molecule has 1 amide bonds. The fourth-order valence-electron chi connectivity index (χ4n) is 3.98. The number of benzene rings is 2.